The van der Waals surface area contributed by atoms with Crippen LogP contribution in [-0.4, -0.2) is 15.8 Å². The average Bonchev–Trinajstić information content (AvgIpc) is 2.95. The summed E-state index contributed by atoms with van der Waals surface area (Å²) in [5.74, 6) is -0.616. The molecule has 6 nitrogen and oxygen atoms in total. The summed E-state index contributed by atoms with van der Waals surface area (Å²) in [6.45, 7) is 0.0764. The monoisotopic (exact) mass is 327 g/mol. The highest BCUT2D eigenvalue weighted by molar-refractivity contribution is 5.88. The zero-order chi connectivity index (χ0) is 17.1. The number of para-hydroxylation sites is 1. The SMILES string of the molecule is O=C(Cc1c[nH]c2cc(F)ccc12)NCc1ccccc1[N+](=O)[O-]. The quantitative estimate of drug-likeness (QED) is 0.557. The van der Waals surface area contributed by atoms with Crippen LogP contribution in [0.25, 0.3) is 10.9 Å². The molecule has 0 unspecified atom stereocenters. The third kappa shape index (κ3) is 3.24. The number of amides is 1. The van der Waals surface area contributed by atoms with Gasteiger partial charge in [-0.1, -0.05) is 18.2 Å². The first kappa shape index (κ1) is 15.7. The molecular weight excluding hydrogens is 313 g/mol. The lowest BCUT2D eigenvalue weighted by Crippen LogP contribution is -2.24. The molecule has 0 bridgehead atoms. The molecule has 1 heterocycles. The van der Waals surface area contributed by atoms with Gasteiger partial charge < -0.3 is 10.3 Å². The van der Waals surface area contributed by atoms with Crippen molar-refractivity contribution in [2.24, 2.45) is 0 Å². The molecular formula is C17H14FN3O3. The number of aromatic amines is 1. The second-order valence-corrected chi connectivity index (χ2v) is 5.34. The van der Waals surface area contributed by atoms with Crippen LogP contribution >= 0.6 is 0 Å². The summed E-state index contributed by atoms with van der Waals surface area (Å²) in [5, 5.41) is 14.4. The number of H-pyrrole nitrogens is 1. The van der Waals surface area contributed by atoms with E-state index in [2.05, 4.69) is 10.3 Å². The van der Waals surface area contributed by atoms with Gasteiger partial charge >= 0.3 is 0 Å². The van der Waals surface area contributed by atoms with E-state index in [9.17, 15) is 19.3 Å². The van der Waals surface area contributed by atoms with E-state index in [1.54, 1.807) is 30.5 Å². The molecule has 122 valence electrons. The fourth-order valence-electron chi connectivity index (χ4n) is 2.57. The number of nitrogens with one attached hydrogen (secondary N) is 2. The number of hydrogen-bond donors (Lipinski definition) is 2. The molecule has 0 spiro atoms. The van der Waals surface area contributed by atoms with Crippen molar-refractivity contribution < 1.29 is 14.1 Å². The Morgan fingerprint density at radius 2 is 2.00 bits per heavy atom. The molecule has 0 fully saturated rings. The van der Waals surface area contributed by atoms with Crippen molar-refractivity contribution >= 4 is 22.5 Å². The molecule has 3 rings (SSSR count). The first-order chi connectivity index (χ1) is 11.5. The minimum Gasteiger partial charge on any atom is -0.361 e. The van der Waals surface area contributed by atoms with Gasteiger partial charge in [0.1, 0.15) is 5.82 Å². The summed E-state index contributed by atoms with van der Waals surface area (Å²) in [7, 11) is 0. The van der Waals surface area contributed by atoms with E-state index >= 15 is 0 Å². The Morgan fingerprint density at radius 3 is 2.79 bits per heavy atom. The van der Waals surface area contributed by atoms with Crippen molar-refractivity contribution in [3.05, 3.63) is 75.7 Å². The van der Waals surface area contributed by atoms with Crippen LogP contribution in [0.4, 0.5) is 10.1 Å². The van der Waals surface area contributed by atoms with Gasteiger partial charge in [-0.05, 0) is 23.8 Å². The van der Waals surface area contributed by atoms with Crippen molar-refractivity contribution in [1.29, 1.82) is 0 Å². The molecule has 7 heteroatoms. The fraction of sp³-hybridized carbons (Fsp3) is 0.118. The fourth-order valence-corrected chi connectivity index (χ4v) is 2.57. The minimum atomic E-state index is -0.476. The molecule has 0 radical (unpaired) electrons. The molecule has 0 saturated heterocycles. The summed E-state index contributed by atoms with van der Waals surface area (Å²) in [6.07, 6.45) is 1.76. The van der Waals surface area contributed by atoms with Crippen LogP contribution in [0.5, 0.6) is 0 Å². The third-order valence-corrected chi connectivity index (χ3v) is 3.74. The van der Waals surface area contributed by atoms with Crippen molar-refractivity contribution in [1.82, 2.24) is 10.3 Å². The first-order valence-corrected chi connectivity index (χ1v) is 7.29. The number of rotatable bonds is 5. The van der Waals surface area contributed by atoms with Crippen LogP contribution in [0.3, 0.4) is 0 Å². The van der Waals surface area contributed by atoms with Gasteiger partial charge in [0.05, 0.1) is 11.3 Å². The molecule has 1 amide bonds. The number of aromatic nitrogens is 1. The highest BCUT2D eigenvalue weighted by Crippen LogP contribution is 2.20. The Labute approximate surface area is 136 Å². The highest BCUT2D eigenvalue weighted by Gasteiger charge is 2.14. The summed E-state index contributed by atoms with van der Waals surface area (Å²) < 4.78 is 13.2. The van der Waals surface area contributed by atoms with Crippen molar-refractivity contribution in [2.45, 2.75) is 13.0 Å². The van der Waals surface area contributed by atoms with E-state index in [0.717, 1.165) is 10.9 Å². The van der Waals surface area contributed by atoms with Gasteiger partial charge in [-0.2, -0.15) is 0 Å². The molecule has 2 aromatic carbocycles. The molecule has 0 saturated carbocycles. The zero-order valence-corrected chi connectivity index (χ0v) is 12.6. The van der Waals surface area contributed by atoms with E-state index in [1.165, 1.54) is 18.2 Å². The van der Waals surface area contributed by atoms with Gasteiger partial charge in [-0.15, -0.1) is 0 Å². The van der Waals surface area contributed by atoms with Crippen LogP contribution in [0, 0.1) is 15.9 Å². The highest BCUT2D eigenvalue weighted by atomic mass is 19.1. The Bertz CT molecular complexity index is 920. The molecule has 0 aliphatic carbocycles. The van der Waals surface area contributed by atoms with Crippen LogP contribution in [-0.2, 0) is 17.8 Å². The maximum Gasteiger partial charge on any atom is 0.274 e. The van der Waals surface area contributed by atoms with Crippen LogP contribution in [0.15, 0.2) is 48.7 Å². The smallest absolute Gasteiger partial charge is 0.274 e. The summed E-state index contributed by atoms with van der Waals surface area (Å²) in [4.78, 5) is 25.5. The summed E-state index contributed by atoms with van der Waals surface area (Å²) in [6, 6.07) is 10.6. The zero-order valence-electron chi connectivity index (χ0n) is 12.6. The predicted molar refractivity (Wildman–Crippen MR) is 86.9 cm³/mol. The maximum absolute atomic E-state index is 13.2. The molecule has 1 aromatic heterocycles. The number of halogens is 1. The Balaban J connectivity index is 1.69. The normalized spacial score (nSPS) is 10.7. The lowest BCUT2D eigenvalue weighted by atomic mass is 10.1. The van der Waals surface area contributed by atoms with Gasteiger partial charge in [0.15, 0.2) is 0 Å². The number of nitro groups is 1. The van der Waals surface area contributed by atoms with Crippen molar-refractivity contribution in [2.75, 3.05) is 0 Å². The molecule has 0 aliphatic heterocycles. The van der Waals surface area contributed by atoms with Gasteiger partial charge in [0.2, 0.25) is 5.91 Å². The number of hydrogen-bond acceptors (Lipinski definition) is 3. The van der Waals surface area contributed by atoms with Gasteiger partial charge in [-0.3, -0.25) is 14.9 Å². The van der Waals surface area contributed by atoms with Crippen LogP contribution < -0.4 is 5.32 Å². The van der Waals surface area contributed by atoms with E-state index in [-0.39, 0.29) is 30.4 Å². The number of carbonyl (C=O) groups excluding carboxylic acids is 1. The second-order valence-electron chi connectivity index (χ2n) is 5.34. The lowest BCUT2D eigenvalue weighted by molar-refractivity contribution is -0.385. The number of fused-ring (bicyclic) bond motifs is 1. The first-order valence-electron chi connectivity index (χ1n) is 7.29. The molecule has 0 aliphatic rings. The second kappa shape index (κ2) is 6.49. The van der Waals surface area contributed by atoms with Crippen molar-refractivity contribution in [3.63, 3.8) is 0 Å². The van der Waals surface area contributed by atoms with Gasteiger partial charge in [0.25, 0.3) is 5.69 Å². The Hall–Kier alpha value is -3.22. The third-order valence-electron chi connectivity index (χ3n) is 3.74. The summed E-state index contributed by atoms with van der Waals surface area (Å²) in [5.41, 5.74) is 1.78. The van der Waals surface area contributed by atoms with E-state index in [0.29, 0.717) is 11.1 Å². The van der Waals surface area contributed by atoms with Crippen molar-refractivity contribution in [3.8, 4) is 0 Å². The van der Waals surface area contributed by atoms with Gasteiger partial charge in [0, 0.05) is 35.3 Å². The molecule has 3 aromatic rings. The Kier molecular flexibility index (Phi) is 4.24. The Morgan fingerprint density at radius 1 is 1.21 bits per heavy atom. The van der Waals surface area contributed by atoms with E-state index < -0.39 is 4.92 Å². The topological polar surface area (TPSA) is 88.0 Å². The standard InChI is InChI=1S/C17H14FN3O3/c18-13-5-6-14-12(10-19-15(14)8-13)7-17(22)20-9-11-3-1-2-4-16(11)21(23)24/h1-6,8,10,19H,7,9H2,(H,20,22). The maximum atomic E-state index is 13.2. The number of benzene rings is 2. The molecule has 2 N–H and O–H groups in total. The number of nitro benzene ring substituents is 1. The van der Waals surface area contributed by atoms with E-state index in [4.69, 9.17) is 0 Å². The average molecular weight is 327 g/mol. The minimum absolute atomic E-state index is 0.0274. The summed E-state index contributed by atoms with van der Waals surface area (Å²) >= 11 is 0. The molecule has 24 heavy (non-hydrogen) atoms. The molecule has 0 atom stereocenters. The largest absolute Gasteiger partial charge is 0.361 e. The van der Waals surface area contributed by atoms with Crippen LogP contribution in [0.2, 0.25) is 0 Å². The lowest BCUT2D eigenvalue weighted by Gasteiger charge is -2.06. The number of carbonyl (C=O) groups is 1. The number of nitrogens with zero attached hydrogens (tertiary/aromatic N) is 1. The van der Waals surface area contributed by atoms with E-state index in [1.807, 2.05) is 0 Å². The predicted octanol–water partition coefficient (Wildman–Crippen LogP) is 3.07. The van der Waals surface area contributed by atoms with Gasteiger partial charge in [-0.25, -0.2) is 4.39 Å². The van der Waals surface area contributed by atoms with Crippen LogP contribution in [0.1, 0.15) is 11.1 Å².